The molecule has 0 saturated heterocycles. The summed E-state index contributed by atoms with van der Waals surface area (Å²) < 4.78 is 34.1. The van der Waals surface area contributed by atoms with Crippen molar-refractivity contribution < 1.29 is 111 Å². The Labute approximate surface area is 139 Å². The van der Waals surface area contributed by atoms with Crippen LogP contribution in [0.5, 0.6) is 0 Å². The van der Waals surface area contributed by atoms with Gasteiger partial charge in [-0.25, -0.2) is 0 Å². The van der Waals surface area contributed by atoms with Crippen molar-refractivity contribution in [3.63, 3.8) is 0 Å². The molecule has 0 atom stereocenters. The molecule has 34 N–H and O–H groups in total. The molecule has 168 valence electrons. The molecule has 0 aromatic heterocycles. The summed E-state index contributed by atoms with van der Waals surface area (Å²) >= 11 is 0. The molecule has 0 aliphatic carbocycles. The van der Waals surface area contributed by atoms with Crippen LogP contribution in [0.25, 0.3) is 0 Å². The zero-order valence-electron chi connectivity index (χ0n) is 11.1. The molecule has 0 rings (SSSR count). The minimum atomic E-state index is -5.17. The molecule has 23 heteroatoms. The molecule has 0 spiro atoms. The Kier molecular flexibility index (Phi) is 9580. The summed E-state index contributed by atoms with van der Waals surface area (Å²) in [5.74, 6) is 0. The molecule has 0 aromatic carbocycles. The summed E-state index contributed by atoms with van der Waals surface area (Å²) in [6, 6.07) is 0. The molecule has 23 heavy (non-hydrogen) atoms. The van der Waals surface area contributed by atoms with E-state index in [1.807, 2.05) is 0 Å². The van der Waals surface area contributed by atoms with E-state index in [4.69, 9.17) is 17.5 Å². The third-order valence-corrected chi connectivity index (χ3v) is 0. The van der Waals surface area contributed by atoms with Crippen LogP contribution in [0.1, 0.15) is 0 Å². The Balaban J connectivity index is -0.000000000523. The van der Waals surface area contributed by atoms with Crippen molar-refractivity contribution in [3.05, 3.63) is 0 Å². The van der Waals surface area contributed by atoms with Crippen molar-refractivity contribution in [3.8, 4) is 0 Å². The van der Waals surface area contributed by atoms with Gasteiger partial charge in [0.1, 0.15) is 0 Å². The van der Waals surface area contributed by atoms with E-state index in [2.05, 4.69) is 0 Å². The smallest absolute Gasteiger partial charge is 0.759 e. The maximum absolute atomic E-state index is 8.52. The van der Waals surface area contributed by atoms with Crippen LogP contribution in [0.15, 0.2) is 0 Å². The molecule has 0 aliphatic rings. The van der Waals surface area contributed by atoms with Gasteiger partial charge in [-0.05, 0) is 0 Å². The molecule has 0 fully saturated rings. The molecule has 0 radical (unpaired) electrons. The van der Waals surface area contributed by atoms with Crippen LogP contribution in [-0.2, 0) is 10.4 Å². The van der Waals surface area contributed by atoms with Crippen molar-refractivity contribution >= 4 is 27.8 Å². The largest absolute Gasteiger partial charge is 3.00 e. The molecule has 0 aromatic rings. The van der Waals surface area contributed by atoms with Gasteiger partial charge in [0.15, 0.2) is 0 Å². The summed E-state index contributed by atoms with van der Waals surface area (Å²) in [4.78, 5) is 0. The summed E-state index contributed by atoms with van der Waals surface area (Å²) in [6.07, 6.45) is 0. The van der Waals surface area contributed by atoms with E-state index in [0.717, 1.165) is 0 Å². The first kappa shape index (κ1) is 774. The normalized spacial score (nSPS) is 2.52. The van der Waals surface area contributed by atoms with Crippen LogP contribution in [0, 0.1) is 0 Å². The minimum Gasteiger partial charge on any atom is -0.759 e. The van der Waals surface area contributed by atoms with E-state index in [1.165, 1.54) is 0 Å². The molecule has 0 aliphatic heterocycles. The van der Waals surface area contributed by atoms with Gasteiger partial charge in [0.05, 0.1) is 0 Å². The second-order valence-corrected chi connectivity index (χ2v) is 1.22. The second kappa shape index (κ2) is 285. The molecular weight excluding hydrogens is 395 g/mol. The number of hydrogen-bond acceptors (Lipinski definition) is 4. The standard InChI is InChI=1S/Al.H2O4S.17H2O/c;1-5(2,3)4;;;;;;;;;;;;;;;;;/h;(H2,1,2,3,4);17*1H2/q+3;;;;;;;;;;;;;;;;;;/p-2. The Bertz CT molecular complexity index is 95.0. The molecule has 21 nitrogen and oxygen atoms in total. The summed E-state index contributed by atoms with van der Waals surface area (Å²) in [6.45, 7) is 0. The van der Waals surface area contributed by atoms with Crippen molar-refractivity contribution in [2.45, 2.75) is 0 Å². The molecule has 0 saturated carbocycles. The molecule has 0 amide bonds. The van der Waals surface area contributed by atoms with E-state index >= 15 is 0 Å². The van der Waals surface area contributed by atoms with E-state index in [9.17, 15) is 0 Å². The quantitative estimate of drug-likeness (QED) is 0.205. The molecular formula is H34AlO21S+. The average molecular weight is 429 g/mol. The van der Waals surface area contributed by atoms with Gasteiger partial charge in [0.25, 0.3) is 0 Å². The first-order valence-electron chi connectivity index (χ1n) is 0.667. The summed E-state index contributed by atoms with van der Waals surface area (Å²) in [5, 5.41) is 0. The predicted octanol–water partition coefficient (Wildman–Crippen LogP) is -15.7. The first-order chi connectivity index (χ1) is 2.00. The Hall–Kier alpha value is -0.278. The van der Waals surface area contributed by atoms with Gasteiger partial charge < -0.3 is 102 Å². The predicted molar refractivity (Wildman–Crippen MR) is 77.7 cm³/mol. The maximum Gasteiger partial charge on any atom is 3.00 e. The fourth-order valence-corrected chi connectivity index (χ4v) is 0. The fourth-order valence-electron chi connectivity index (χ4n) is 0. The SMILES string of the molecule is O.O.O.O.O.O.O.O.O.O.O.O.O.O.O.O.O.O=S(=O)([O-])[O-].[Al+3]. The van der Waals surface area contributed by atoms with Gasteiger partial charge in [-0.2, -0.15) is 0 Å². The van der Waals surface area contributed by atoms with E-state index in [0.29, 0.717) is 0 Å². The van der Waals surface area contributed by atoms with E-state index in [1.54, 1.807) is 0 Å². The number of hydrogen-bond donors (Lipinski definition) is 0. The van der Waals surface area contributed by atoms with Gasteiger partial charge >= 0.3 is 17.4 Å². The second-order valence-electron chi connectivity index (χ2n) is 0.408. The van der Waals surface area contributed by atoms with Crippen LogP contribution in [0.3, 0.4) is 0 Å². The zero-order chi connectivity index (χ0) is 4.50. The molecule has 0 unspecified atom stereocenters. The topological polar surface area (TPSA) is 616 Å². The third kappa shape index (κ3) is 110000. The van der Waals surface area contributed by atoms with Crippen molar-refractivity contribution in [1.82, 2.24) is 0 Å². The van der Waals surface area contributed by atoms with Crippen molar-refractivity contribution in [1.29, 1.82) is 0 Å². The monoisotopic (exact) mass is 429 g/mol. The Morgan fingerprint density at radius 3 is 0.348 bits per heavy atom. The summed E-state index contributed by atoms with van der Waals surface area (Å²) in [7, 11) is -5.17. The van der Waals surface area contributed by atoms with Crippen LogP contribution in [-0.4, -0.2) is 128 Å². The zero-order valence-corrected chi connectivity index (χ0v) is 13.1. The Morgan fingerprint density at radius 2 is 0.348 bits per heavy atom. The van der Waals surface area contributed by atoms with Gasteiger partial charge in [-0.3, -0.25) is 8.42 Å². The molecule has 0 bridgehead atoms. The van der Waals surface area contributed by atoms with Crippen LogP contribution < -0.4 is 0 Å². The van der Waals surface area contributed by atoms with Crippen LogP contribution >= 0.6 is 0 Å². The first-order valence-corrected chi connectivity index (χ1v) is 2.00. The summed E-state index contributed by atoms with van der Waals surface area (Å²) in [5.41, 5.74) is 0. The maximum atomic E-state index is 8.52. The van der Waals surface area contributed by atoms with Gasteiger partial charge in [-0.15, -0.1) is 0 Å². The van der Waals surface area contributed by atoms with Crippen molar-refractivity contribution in [2.75, 3.05) is 0 Å². The fraction of sp³-hybridized carbons (Fsp3) is 0. The number of rotatable bonds is 0. The van der Waals surface area contributed by atoms with Gasteiger partial charge in [0, 0.05) is 10.4 Å². The van der Waals surface area contributed by atoms with Crippen LogP contribution in [0.4, 0.5) is 0 Å². The van der Waals surface area contributed by atoms with Gasteiger partial charge in [-0.1, -0.05) is 0 Å². The third-order valence-electron chi connectivity index (χ3n) is 0. The molecule has 0 heterocycles. The van der Waals surface area contributed by atoms with E-state index in [-0.39, 0.29) is 110 Å². The van der Waals surface area contributed by atoms with Crippen molar-refractivity contribution in [2.24, 2.45) is 0 Å². The van der Waals surface area contributed by atoms with Gasteiger partial charge in [0.2, 0.25) is 0 Å². The Morgan fingerprint density at radius 1 is 0.348 bits per heavy atom. The average Bonchev–Trinajstić information content (AvgIpc) is 0.722. The van der Waals surface area contributed by atoms with Crippen LogP contribution in [0.2, 0.25) is 0 Å². The minimum absolute atomic E-state index is 0. The van der Waals surface area contributed by atoms with E-state index < -0.39 is 10.4 Å².